The lowest BCUT2D eigenvalue weighted by atomic mass is 10.3. The van der Waals surface area contributed by atoms with E-state index in [0.717, 1.165) is 0 Å². The summed E-state index contributed by atoms with van der Waals surface area (Å²) in [7, 11) is 1.50. The van der Waals surface area contributed by atoms with Gasteiger partial charge >= 0.3 is 5.97 Å². The molecule has 17 heavy (non-hydrogen) atoms. The highest BCUT2D eigenvalue weighted by molar-refractivity contribution is 6.30. The normalized spacial score (nSPS) is 9.76. The highest BCUT2D eigenvalue weighted by atomic mass is 35.5. The maximum Gasteiger partial charge on any atom is 0.323 e. The van der Waals surface area contributed by atoms with Gasteiger partial charge in [-0.25, -0.2) is 0 Å². The molecule has 5 nitrogen and oxygen atoms in total. The highest BCUT2D eigenvalue weighted by Gasteiger charge is 2.13. The first-order chi connectivity index (χ1) is 8.02. The van der Waals surface area contributed by atoms with Crippen LogP contribution in [0.5, 0.6) is 0 Å². The number of halogens is 1. The van der Waals surface area contributed by atoms with Gasteiger partial charge < -0.3 is 15.3 Å². The first-order valence-corrected chi connectivity index (χ1v) is 5.33. The summed E-state index contributed by atoms with van der Waals surface area (Å²) in [5.74, 6) is -1.25. The molecule has 0 aliphatic heterocycles. The molecule has 1 aromatic carbocycles. The van der Waals surface area contributed by atoms with Crippen LogP contribution in [0.2, 0.25) is 5.02 Å². The first-order valence-electron chi connectivity index (χ1n) is 4.96. The second-order valence-electron chi connectivity index (χ2n) is 3.40. The Morgan fingerprint density at radius 2 is 1.88 bits per heavy atom. The van der Waals surface area contributed by atoms with E-state index in [1.807, 2.05) is 0 Å². The van der Waals surface area contributed by atoms with Crippen molar-refractivity contribution >= 4 is 29.2 Å². The number of carbonyl (C=O) groups is 2. The van der Waals surface area contributed by atoms with Gasteiger partial charge in [-0.3, -0.25) is 9.59 Å². The lowest BCUT2D eigenvalue weighted by Crippen LogP contribution is -2.38. The third-order valence-electron chi connectivity index (χ3n) is 2.13. The summed E-state index contributed by atoms with van der Waals surface area (Å²) >= 11 is 5.74. The molecule has 92 valence electrons. The number of carboxylic acids is 1. The number of benzene rings is 1. The maximum absolute atomic E-state index is 11.3. The van der Waals surface area contributed by atoms with Crippen molar-refractivity contribution in [3.8, 4) is 0 Å². The number of carboxylic acid groups (broad SMARTS) is 1. The third kappa shape index (κ3) is 4.32. The lowest BCUT2D eigenvalue weighted by Gasteiger charge is -2.21. The van der Waals surface area contributed by atoms with E-state index in [-0.39, 0.29) is 19.0 Å². The molecule has 0 saturated heterocycles. The molecular formula is C11H13ClN2O3. The monoisotopic (exact) mass is 256 g/mol. The number of amides is 1. The van der Waals surface area contributed by atoms with Crippen LogP contribution in [0.15, 0.2) is 24.3 Å². The number of hydrogen-bond donors (Lipinski definition) is 2. The molecule has 2 N–H and O–H groups in total. The molecule has 0 spiro atoms. The van der Waals surface area contributed by atoms with Crippen LogP contribution in [0.3, 0.4) is 0 Å². The zero-order valence-electron chi connectivity index (χ0n) is 9.31. The molecule has 0 atom stereocenters. The Hall–Kier alpha value is -1.75. The standard InChI is InChI=1S/C11H13ClN2O3/c1-13-10(15)6-14(7-11(16)17)9-4-2-8(12)3-5-9/h2-5H,6-7H2,1H3,(H,13,15)(H,16,17). The largest absolute Gasteiger partial charge is 0.480 e. The van der Waals surface area contributed by atoms with Crippen molar-refractivity contribution in [1.82, 2.24) is 5.32 Å². The van der Waals surface area contributed by atoms with Crippen molar-refractivity contribution in [1.29, 1.82) is 0 Å². The second-order valence-corrected chi connectivity index (χ2v) is 3.84. The summed E-state index contributed by atoms with van der Waals surface area (Å²) in [5, 5.41) is 11.8. The van der Waals surface area contributed by atoms with Gasteiger partial charge in [0.15, 0.2) is 0 Å². The zero-order valence-corrected chi connectivity index (χ0v) is 10.1. The van der Waals surface area contributed by atoms with Gasteiger partial charge in [-0.05, 0) is 24.3 Å². The van der Waals surface area contributed by atoms with Gasteiger partial charge in [-0.1, -0.05) is 11.6 Å². The number of hydrogen-bond acceptors (Lipinski definition) is 3. The van der Waals surface area contributed by atoms with E-state index < -0.39 is 5.97 Å². The number of rotatable bonds is 5. The van der Waals surface area contributed by atoms with Gasteiger partial charge in [-0.15, -0.1) is 0 Å². The molecule has 6 heteroatoms. The van der Waals surface area contributed by atoms with Gasteiger partial charge in [0, 0.05) is 17.8 Å². The lowest BCUT2D eigenvalue weighted by molar-refractivity contribution is -0.135. The van der Waals surface area contributed by atoms with Gasteiger partial charge in [0.2, 0.25) is 5.91 Å². The van der Waals surface area contributed by atoms with E-state index in [9.17, 15) is 9.59 Å². The second kappa shape index (κ2) is 6.10. The number of nitrogens with zero attached hydrogens (tertiary/aromatic N) is 1. The van der Waals surface area contributed by atoms with Crippen molar-refractivity contribution < 1.29 is 14.7 Å². The quantitative estimate of drug-likeness (QED) is 0.824. The molecule has 0 bridgehead atoms. The SMILES string of the molecule is CNC(=O)CN(CC(=O)O)c1ccc(Cl)cc1. The molecule has 0 aliphatic carbocycles. The molecule has 0 unspecified atom stereocenters. The summed E-state index contributed by atoms with van der Waals surface area (Å²) in [5.41, 5.74) is 0.639. The van der Waals surface area contributed by atoms with Crippen molar-refractivity contribution in [2.45, 2.75) is 0 Å². The average Bonchev–Trinajstić information content (AvgIpc) is 2.28. The van der Waals surface area contributed by atoms with Crippen molar-refractivity contribution in [3.63, 3.8) is 0 Å². The summed E-state index contributed by atoms with van der Waals surface area (Å²) in [6.45, 7) is -0.251. The van der Waals surface area contributed by atoms with E-state index in [0.29, 0.717) is 10.7 Å². The van der Waals surface area contributed by atoms with Crippen LogP contribution in [0.1, 0.15) is 0 Å². The van der Waals surface area contributed by atoms with Crippen LogP contribution >= 0.6 is 11.6 Å². The average molecular weight is 257 g/mol. The number of carbonyl (C=O) groups excluding carboxylic acids is 1. The Bertz CT molecular complexity index is 406. The molecule has 1 amide bonds. The molecule has 0 fully saturated rings. The topological polar surface area (TPSA) is 69.6 Å². The van der Waals surface area contributed by atoms with Crippen molar-refractivity contribution in [3.05, 3.63) is 29.3 Å². The Morgan fingerprint density at radius 3 is 2.35 bits per heavy atom. The zero-order chi connectivity index (χ0) is 12.8. The van der Waals surface area contributed by atoms with E-state index in [1.165, 1.54) is 11.9 Å². The fourth-order valence-corrected chi connectivity index (χ4v) is 1.43. The molecule has 1 rings (SSSR count). The van der Waals surface area contributed by atoms with Crippen LogP contribution in [0.25, 0.3) is 0 Å². The Labute approximate surface area is 104 Å². The summed E-state index contributed by atoms with van der Waals surface area (Å²) in [6, 6.07) is 6.65. The minimum absolute atomic E-state index is 0.00949. The van der Waals surface area contributed by atoms with Gasteiger partial charge in [0.05, 0.1) is 6.54 Å². The smallest absolute Gasteiger partial charge is 0.323 e. The number of aliphatic carboxylic acids is 1. The van der Waals surface area contributed by atoms with E-state index in [1.54, 1.807) is 24.3 Å². The van der Waals surface area contributed by atoms with Crippen LogP contribution < -0.4 is 10.2 Å². The summed E-state index contributed by atoms with van der Waals surface area (Å²) < 4.78 is 0. The highest BCUT2D eigenvalue weighted by Crippen LogP contribution is 2.17. The molecule has 0 saturated carbocycles. The maximum atomic E-state index is 11.3. The molecule has 0 radical (unpaired) electrons. The summed E-state index contributed by atoms with van der Waals surface area (Å²) in [6.07, 6.45) is 0. The van der Waals surface area contributed by atoms with Crippen LogP contribution in [-0.2, 0) is 9.59 Å². The van der Waals surface area contributed by atoms with Crippen molar-refractivity contribution in [2.75, 3.05) is 25.0 Å². The molecule has 0 aromatic heterocycles. The molecule has 0 aliphatic rings. The van der Waals surface area contributed by atoms with Crippen LogP contribution in [0.4, 0.5) is 5.69 Å². The fourth-order valence-electron chi connectivity index (χ4n) is 1.31. The predicted octanol–water partition coefficient (Wildman–Crippen LogP) is 0.977. The number of anilines is 1. The van der Waals surface area contributed by atoms with E-state index >= 15 is 0 Å². The molecule has 1 aromatic rings. The van der Waals surface area contributed by atoms with Crippen LogP contribution in [0, 0.1) is 0 Å². The molecular weight excluding hydrogens is 244 g/mol. The minimum atomic E-state index is -0.996. The number of nitrogens with one attached hydrogen (secondary N) is 1. The fraction of sp³-hybridized carbons (Fsp3) is 0.273. The van der Waals surface area contributed by atoms with E-state index in [2.05, 4.69) is 5.32 Å². The van der Waals surface area contributed by atoms with Gasteiger partial charge in [-0.2, -0.15) is 0 Å². The Kier molecular flexibility index (Phi) is 4.78. The number of likely N-dealkylation sites (N-methyl/N-ethyl adjacent to an activating group) is 1. The Morgan fingerprint density at radius 1 is 1.29 bits per heavy atom. The van der Waals surface area contributed by atoms with Gasteiger partial charge in [0.25, 0.3) is 0 Å². The van der Waals surface area contributed by atoms with E-state index in [4.69, 9.17) is 16.7 Å². The Balaban J connectivity index is 2.85. The summed E-state index contributed by atoms with van der Waals surface area (Å²) in [4.78, 5) is 23.4. The first kappa shape index (κ1) is 13.3. The van der Waals surface area contributed by atoms with Gasteiger partial charge in [0.1, 0.15) is 6.54 Å². The third-order valence-corrected chi connectivity index (χ3v) is 2.38. The van der Waals surface area contributed by atoms with Crippen molar-refractivity contribution in [2.24, 2.45) is 0 Å². The van der Waals surface area contributed by atoms with Crippen LogP contribution in [-0.4, -0.2) is 37.1 Å². The predicted molar refractivity (Wildman–Crippen MR) is 65.4 cm³/mol. The minimum Gasteiger partial charge on any atom is -0.480 e. The molecule has 0 heterocycles.